The number of amides is 1. The number of imidazole rings is 1. The molecule has 3 aromatic rings. The van der Waals surface area contributed by atoms with Gasteiger partial charge in [0.2, 0.25) is 0 Å². The van der Waals surface area contributed by atoms with E-state index in [0.717, 1.165) is 13.1 Å². The van der Waals surface area contributed by atoms with Crippen LogP contribution in [0.15, 0.2) is 67.1 Å². The maximum absolute atomic E-state index is 13.2. The zero-order chi connectivity index (χ0) is 19.9. The Morgan fingerprint density at radius 1 is 1.11 bits per heavy atom. The van der Waals surface area contributed by atoms with E-state index in [9.17, 15) is 9.18 Å². The van der Waals surface area contributed by atoms with Crippen molar-refractivity contribution in [1.29, 1.82) is 0 Å². The van der Waals surface area contributed by atoms with Gasteiger partial charge in [-0.2, -0.15) is 0 Å². The number of hydrogen-bond donors (Lipinski definition) is 1. The van der Waals surface area contributed by atoms with Crippen LogP contribution in [-0.2, 0) is 0 Å². The lowest BCUT2D eigenvalue weighted by Crippen LogP contribution is -2.38. The summed E-state index contributed by atoms with van der Waals surface area (Å²) in [7, 11) is 0. The van der Waals surface area contributed by atoms with Crippen molar-refractivity contribution < 1.29 is 9.18 Å². The molecule has 0 saturated heterocycles. The normalized spacial score (nSPS) is 12.1. The lowest BCUT2D eigenvalue weighted by Gasteiger charge is -2.30. The van der Waals surface area contributed by atoms with E-state index < -0.39 is 0 Å². The lowest BCUT2D eigenvalue weighted by atomic mass is 10.1. The predicted octanol–water partition coefficient (Wildman–Crippen LogP) is 3.82. The fraction of sp³-hybridized carbons (Fsp3) is 0.273. The number of hydrogen-bond acceptors (Lipinski definition) is 3. The van der Waals surface area contributed by atoms with Crippen LogP contribution in [0, 0.1) is 5.82 Å². The third kappa shape index (κ3) is 4.46. The van der Waals surface area contributed by atoms with Gasteiger partial charge in [0.05, 0.1) is 18.6 Å². The molecule has 1 atom stereocenters. The van der Waals surface area contributed by atoms with Crippen LogP contribution in [0.25, 0.3) is 5.69 Å². The Labute approximate surface area is 164 Å². The summed E-state index contributed by atoms with van der Waals surface area (Å²) in [5.41, 5.74) is 2.27. The first-order valence-corrected chi connectivity index (χ1v) is 9.49. The molecule has 1 aromatic heterocycles. The number of rotatable bonds is 8. The number of nitrogens with one attached hydrogen (secondary N) is 1. The zero-order valence-corrected chi connectivity index (χ0v) is 16.2. The molecule has 0 fully saturated rings. The van der Waals surface area contributed by atoms with E-state index in [1.165, 1.54) is 23.9 Å². The van der Waals surface area contributed by atoms with Crippen LogP contribution in [0.2, 0.25) is 0 Å². The quantitative estimate of drug-likeness (QED) is 0.646. The average Bonchev–Trinajstić information content (AvgIpc) is 3.22. The molecule has 5 nitrogen and oxygen atoms in total. The van der Waals surface area contributed by atoms with E-state index >= 15 is 0 Å². The summed E-state index contributed by atoms with van der Waals surface area (Å²) in [5.74, 6) is -0.533. The molecule has 0 bridgehead atoms. The second-order valence-corrected chi connectivity index (χ2v) is 6.48. The van der Waals surface area contributed by atoms with Crippen LogP contribution < -0.4 is 5.32 Å². The van der Waals surface area contributed by atoms with Gasteiger partial charge >= 0.3 is 0 Å². The molecule has 3 rings (SSSR count). The summed E-state index contributed by atoms with van der Waals surface area (Å²) >= 11 is 0. The van der Waals surface area contributed by atoms with E-state index in [2.05, 4.69) is 41.2 Å². The van der Waals surface area contributed by atoms with Gasteiger partial charge in [0.25, 0.3) is 5.91 Å². The van der Waals surface area contributed by atoms with E-state index in [4.69, 9.17) is 0 Å². The zero-order valence-electron chi connectivity index (χ0n) is 16.2. The Kier molecular flexibility index (Phi) is 6.55. The van der Waals surface area contributed by atoms with Crippen LogP contribution in [0.4, 0.5) is 4.39 Å². The maximum atomic E-state index is 13.2. The van der Waals surface area contributed by atoms with Crippen molar-refractivity contribution in [2.24, 2.45) is 0 Å². The van der Waals surface area contributed by atoms with Gasteiger partial charge in [0, 0.05) is 12.2 Å². The fourth-order valence-electron chi connectivity index (χ4n) is 3.35. The molecular formula is C22H25FN4O. The van der Waals surface area contributed by atoms with Gasteiger partial charge in [-0.1, -0.05) is 44.2 Å². The van der Waals surface area contributed by atoms with Crippen molar-refractivity contribution in [2.75, 3.05) is 19.6 Å². The summed E-state index contributed by atoms with van der Waals surface area (Å²) in [4.78, 5) is 19.2. The van der Waals surface area contributed by atoms with E-state index in [1.807, 2.05) is 18.2 Å². The Bertz CT molecular complexity index is 888. The molecule has 0 aliphatic heterocycles. The highest BCUT2D eigenvalue weighted by atomic mass is 19.1. The van der Waals surface area contributed by atoms with Gasteiger partial charge in [-0.25, -0.2) is 9.37 Å². The van der Waals surface area contributed by atoms with Crippen LogP contribution in [0.1, 0.15) is 35.9 Å². The van der Waals surface area contributed by atoms with Crippen molar-refractivity contribution in [2.45, 2.75) is 19.9 Å². The van der Waals surface area contributed by atoms with Gasteiger partial charge in [0.1, 0.15) is 11.5 Å². The third-order valence-electron chi connectivity index (χ3n) is 4.87. The molecule has 0 aliphatic carbocycles. The predicted molar refractivity (Wildman–Crippen MR) is 108 cm³/mol. The second-order valence-electron chi connectivity index (χ2n) is 6.48. The summed E-state index contributed by atoms with van der Waals surface area (Å²) in [6.45, 7) is 6.49. The van der Waals surface area contributed by atoms with Crippen LogP contribution in [-0.4, -0.2) is 40.0 Å². The van der Waals surface area contributed by atoms with Gasteiger partial charge < -0.3 is 5.32 Å². The minimum Gasteiger partial charge on any atom is -0.349 e. The van der Waals surface area contributed by atoms with Gasteiger partial charge in [-0.05, 0) is 42.9 Å². The fourth-order valence-corrected chi connectivity index (χ4v) is 3.35. The number of carbonyl (C=O) groups is 1. The standard InChI is InChI=1S/C22H25FN4O/c1-3-26(4-2)20(17-8-6-5-7-9-17)15-25-22(28)21-14-24-16-27(21)19-12-10-18(23)11-13-19/h5-14,16,20H,3-4,15H2,1-2H3,(H,25,28). The summed E-state index contributed by atoms with van der Waals surface area (Å²) < 4.78 is 14.8. The Hall–Kier alpha value is -2.99. The molecule has 0 saturated carbocycles. The Morgan fingerprint density at radius 2 is 1.79 bits per heavy atom. The molecule has 1 amide bonds. The van der Waals surface area contributed by atoms with Gasteiger partial charge in [-0.3, -0.25) is 14.3 Å². The summed E-state index contributed by atoms with van der Waals surface area (Å²) in [6.07, 6.45) is 3.08. The number of aromatic nitrogens is 2. The molecular weight excluding hydrogens is 355 g/mol. The van der Waals surface area contributed by atoms with Crippen LogP contribution in [0.5, 0.6) is 0 Å². The topological polar surface area (TPSA) is 50.2 Å². The molecule has 6 heteroatoms. The molecule has 1 unspecified atom stereocenters. The monoisotopic (exact) mass is 380 g/mol. The van der Waals surface area contributed by atoms with E-state index in [-0.39, 0.29) is 17.8 Å². The molecule has 28 heavy (non-hydrogen) atoms. The van der Waals surface area contributed by atoms with Crippen molar-refractivity contribution in [3.05, 3.63) is 84.2 Å². The number of nitrogens with zero attached hydrogens (tertiary/aromatic N) is 3. The molecule has 1 heterocycles. The SMILES string of the molecule is CCN(CC)C(CNC(=O)c1cncn1-c1ccc(F)cc1)c1ccccc1. The lowest BCUT2D eigenvalue weighted by molar-refractivity contribution is 0.0928. The van der Waals surface area contributed by atoms with Crippen molar-refractivity contribution in [3.63, 3.8) is 0 Å². The Morgan fingerprint density at radius 3 is 2.43 bits per heavy atom. The minimum absolute atomic E-state index is 0.0855. The number of carbonyl (C=O) groups excluding carboxylic acids is 1. The highest BCUT2D eigenvalue weighted by Crippen LogP contribution is 2.20. The molecule has 0 aliphatic rings. The van der Waals surface area contributed by atoms with Crippen molar-refractivity contribution in [3.8, 4) is 5.69 Å². The number of benzene rings is 2. The largest absolute Gasteiger partial charge is 0.349 e. The molecule has 0 spiro atoms. The molecule has 1 N–H and O–H groups in total. The van der Waals surface area contributed by atoms with Crippen molar-refractivity contribution >= 4 is 5.91 Å². The van der Waals surface area contributed by atoms with Crippen LogP contribution in [0.3, 0.4) is 0 Å². The average molecular weight is 380 g/mol. The summed E-state index contributed by atoms with van der Waals surface area (Å²) in [5, 5.41) is 3.04. The minimum atomic E-state index is -0.320. The van der Waals surface area contributed by atoms with Gasteiger partial charge in [0.15, 0.2) is 0 Å². The second kappa shape index (κ2) is 9.28. The Balaban J connectivity index is 1.77. The maximum Gasteiger partial charge on any atom is 0.269 e. The highest BCUT2D eigenvalue weighted by Gasteiger charge is 2.20. The highest BCUT2D eigenvalue weighted by molar-refractivity contribution is 5.93. The first-order chi connectivity index (χ1) is 13.6. The molecule has 0 radical (unpaired) electrons. The van der Waals surface area contributed by atoms with E-state index in [0.29, 0.717) is 17.9 Å². The molecule has 2 aromatic carbocycles. The molecule has 146 valence electrons. The van der Waals surface area contributed by atoms with Crippen LogP contribution >= 0.6 is 0 Å². The van der Waals surface area contributed by atoms with E-state index in [1.54, 1.807) is 23.0 Å². The smallest absolute Gasteiger partial charge is 0.269 e. The third-order valence-corrected chi connectivity index (χ3v) is 4.87. The van der Waals surface area contributed by atoms with Gasteiger partial charge in [-0.15, -0.1) is 0 Å². The first-order valence-electron chi connectivity index (χ1n) is 9.49. The number of likely N-dealkylation sites (N-methyl/N-ethyl adjacent to an activating group) is 1. The summed E-state index contributed by atoms with van der Waals surface area (Å²) in [6, 6.07) is 16.2. The van der Waals surface area contributed by atoms with Crippen molar-refractivity contribution in [1.82, 2.24) is 19.8 Å². The first kappa shape index (κ1) is 19.8. The number of halogens is 1.